The maximum atomic E-state index is 12.5. The van der Waals surface area contributed by atoms with Gasteiger partial charge in [-0.25, -0.2) is 4.98 Å². The molecule has 1 aromatic heterocycles. The van der Waals surface area contributed by atoms with Crippen molar-refractivity contribution in [3.63, 3.8) is 0 Å². The second kappa shape index (κ2) is 5.47. The number of carbonyl (C=O) groups is 1. The molecule has 1 aromatic carbocycles. The molecule has 1 atom stereocenters. The van der Waals surface area contributed by atoms with E-state index in [-0.39, 0.29) is 23.3 Å². The van der Waals surface area contributed by atoms with E-state index in [9.17, 15) is 4.79 Å². The third kappa shape index (κ3) is 2.64. The lowest BCUT2D eigenvalue weighted by atomic mass is 9.92. The molecule has 1 amide bonds. The minimum atomic E-state index is -0.227. The van der Waals surface area contributed by atoms with Gasteiger partial charge in [0, 0.05) is 25.1 Å². The fourth-order valence-electron chi connectivity index (χ4n) is 3.15. The molecule has 2 saturated heterocycles. The van der Waals surface area contributed by atoms with Gasteiger partial charge in [0.15, 0.2) is 0 Å². The van der Waals surface area contributed by atoms with Crippen LogP contribution in [0.3, 0.4) is 0 Å². The van der Waals surface area contributed by atoms with Gasteiger partial charge in [0.25, 0.3) is 5.91 Å². The molecule has 6 heteroatoms. The number of nitrogens with zero attached hydrogens (tertiary/aromatic N) is 1. The minimum absolute atomic E-state index is 0.0225. The first-order chi connectivity index (χ1) is 11.2. The molecule has 0 bridgehead atoms. The SMILES string of the molecule is Cc1nc(-c2ccccc2)oc1C(=O)NC1COC2(CNC2)C1. The van der Waals surface area contributed by atoms with Gasteiger partial charge in [0.2, 0.25) is 11.7 Å². The number of hydrogen-bond acceptors (Lipinski definition) is 5. The second-order valence-electron chi connectivity index (χ2n) is 6.27. The molecular weight excluding hydrogens is 294 g/mol. The highest BCUT2D eigenvalue weighted by Crippen LogP contribution is 2.30. The molecular formula is C17H19N3O3. The predicted molar refractivity (Wildman–Crippen MR) is 84.1 cm³/mol. The molecule has 2 aromatic rings. The summed E-state index contributed by atoms with van der Waals surface area (Å²) in [7, 11) is 0. The quantitative estimate of drug-likeness (QED) is 0.898. The van der Waals surface area contributed by atoms with E-state index in [2.05, 4.69) is 15.6 Å². The summed E-state index contributed by atoms with van der Waals surface area (Å²) < 4.78 is 11.5. The van der Waals surface area contributed by atoms with Gasteiger partial charge in [-0.3, -0.25) is 4.79 Å². The van der Waals surface area contributed by atoms with Crippen molar-refractivity contribution in [2.45, 2.75) is 25.0 Å². The van der Waals surface area contributed by atoms with Crippen LogP contribution >= 0.6 is 0 Å². The molecule has 23 heavy (non-hydrogen) atoms. The van der Waals surface area contributed by atoms with Gasteiger partial charge >= 0.3 is 0 Å². The van der Waals surface area contributed by atoms with Crippen molar-refractivity contribution >= 4 is 5.91 Å². The number of aromatic nitrogens is 1. The lowest BCUT2D eigenvalue weighted by Crippen LogP contribution is -2.59. The van der Waals surface area contributed by atoms with Gasteiger partial charge < -0.3 is 19.8 Å². The highest BCUT2D eigenvalue weighted by atomic mass is 16.5. The van der Waals surface area contributed by atoms with Crippen LogP contribution in [0.1, 0.15) is 22.7 Å². The van der Waals surface area contributed by atoms with Gasteiger partial charge in [-0.15, -0.1) is 0 Å². The molecule has 120 valence electrons. The molecule has 0 radical (unpaired) electrons. The number of nitrogens with one attached hydrogen (secondary N) is 2. The van der Waals surface area contributed by atoms with Crippen LogP contribution in [0.25, 0.3) is 11.5 Å². The molecule has 6 nitrogen and oxygen atoms in total. The van der Waals surface area contributed by atoms with E-state index in [0.717, 1.165) is 25.1 Å². The van der Waals surface area contributed by atoms with Gasteiger partial charge in [0.1, 0.15) is 0 Å². The number of hydrogen-bond donors (Lipinski definition) is 2. The smallest absolute Gasteiger partial charge is 0.289 e. The van der Waals surface area contributed by atoms with Crippen molar-refractivity contribution in [3.8, 4) is 11.5 Å². The summed E-state index contributed by atoms with van der Waals surface area (Å²) in [5, 5.41) is 6.21. The topological polar surface area (TPSA) is 76.4 Å². The molecule has 1 unspecified atom stereocenters. The Balaban J connectivity index is 1.47. The van der Waals surface area contributed by atoms with Crippen molar-refractivity contribution in [2.75, 3.05) is 19.7 Å². The zero-order valence-corrected chi connectivity index (χ0v) is 13.0. The Hall–Kier alpha value is -2.18. The van der Waals surface area contributed by atoms with E-state index in [1.165, 1.54) is 0 Å². The van der Waals surface area contributed by atoms with Crippen molar-refractivity contribution in [1.82, 2.24) is 15.6 Å². The van der Waals surface area contributed by atoms with Crippen LogP contribution in [0.15, 0.2) is 34.7 Å². The summed E-state index contributed by atoms with van der Waals surface area (Å²) in [6, 6.07) is 9.59. The molecule has 2 N–H and O–H groups in total. The standard InChI is InChI=1S/C17H19N3O3/c1-11-14(23-16(19-11)12-5-3-2-4-6-12)15(21)20-13-7-17(22-8-13)9-18-10-17/h2-6,13,18H,7-10H2,1H3,(H,20,21). The first-order valence-electron chi connectivity index (χ1n) is 7.84. The molecule has 0 saturated carbocycles. The number of aryl methyl sites for hydroxylation is 1. The van der Waals surface area contributed by atoms with E-state index >= 15 is 0 Å². The zero-order valence-electron chi connectivity index (χ0n) is 13.0. The van der Waals surface area contributed by atoms with E-state index in [0.29, 0.717) is 18.2 Å². The number of rotatable bonds is 3. The third-order valence-corrected chi connectivity index (χ3v) is 4.46. The maximum Gasteiger partial charge on any atom is 0.289 e. The van der Waals surface area contributed by atoms with Gasteiger partial charge in [-0.1, -0.05) is 18.2 Å². The summed E-state index contributed by atoms with van der Waals surface area (Å²) in [4.78, 5) is 16.8. The summed E-state index contributed by atoms with van der Waals surface area (Å²) in [5.74, 6) is 0.516. The van der Waals surface area contributed by atoms with Crippen molar-refractivity contribution in [2.24, 2.45) is 0 Å². The van der Waals surface area contributed by atoms with Crippen molar-refractivity contribution in [1.29, 1.82) is 0 Å². The summed E-state index contributed by atoms with van der Waals surface area (Å²) in [5.41, 5.74) is 1.38. The molecule has 3 heterocycles. The minimum Gasteiger partial charge on any atom is -0.431 e. The van der Waals surface area contributed by atoms with E-state index in [1.807, 2.05) is 30.3 Å². The first-order valence-corrected chi connectivity index (χ1v) is 7.84. The Morgan fingerprint density at radius 1 is 1.35 bits per heavy atom. The Morgan fingerprint density at radius 2 is 2.13 bits per heavy atom. The summed E-state index contributed by atoms with van der Waals surface area (Å²) in [6.07, 6.45) is 0.838. The monoisotopic (exact) mass is 313 g/mol. The average molecular weight is 313 g/mol. The number of carbonyl (C=O) groups excluding carboxylic acids is 1. The van der Waals surface area contributed by atoms with Crippen LogP contribution in [-0.2, 0) is 4.74 Å². The van der Waals surface area contributed by atoms with Crippen LogP contribution in [0.4, 0.5) is 0 Å². The lowest BCUT2D eigenvalue weighted by molar-refractivity contribution is -0.0360. The predicted octanol–water partition coefficient (Wildman–Crippen LogP) is 1.51. The van der Waals surface area contributed by atoms with E-state index < -0.39 is 0 Å². The molecule has 0 aliphatic carbocycles. The van der Waals surface area contributed by atoms with Crippen LogP contribution < -0.4 is 10.6 Å². The molecule has 4 rings (SSSR count). The van der Waals surface area contributed by atoms with Crippen LogP contribution in [0.2, 0.25) is 0 Å². The van der Waals surface area contributed by atoms with Gasteiger partial charge in [-0.2, -0.15) is 0 Å². The summed E-state index contributed by atoms with van der Waals surface area (Å²) in [6.45, 7) is 4.05. The van der Waals surface area contributed by atoms with E-state index in [1.54, 1.807) is 6.92 Å². The normalized spacial score (nSPS) is 22.0. The molecule has 2 aliphatic rings. The average Bonchev–Trinajstić information content (AvgIpc) is 3.12. The zero-order chi connectivity index (χ0) is 15.9. The Kier molecular flexibility index (Phi) is 3.43. The largest absolute Gasteiger partial charge is 0.431 e. The summed E-state index contributed by atoms with van der Waals surface area (Å²) >= 11 is 0. The number of amides is 1. The fourth-order valence-corrected chi connectivity index (χ4v) is 3.15. The third-order valence-electron chi connectivity index (χ3n) is 4.46. The number of oxazole rings is 1. The Morgan fingerprint density at radius 3 is 2.78 bits per heavy atom. The molecule has 1 spiro atoms. The van der Waals surface area contributed by atoms with E-state index in [4.69, 9.17) is 9.15 Å². The Labute approximate surface area is 134 Å². The second-order valence-corrected chi connectivity index (χ2v) is 6.27. The lowest BCUT2D eigenvalue weighted by Gasteiger charge is -2.38. The van der Waals surface area contributed by atoms with Crippen molar-refractivity contribution < 1.29 is 13.9 Å². The number of benzene rings is 1. The first kappa shape index (κ1) is 14.4. The maximum absolute atomic E-state index is 12.5. The van der Waals surface area contributed by atoms with Crippen LogP contribution in [0.5, 0.6) is 0 Å². The number of ether oxygens (including phenoxy) is 1. The molecule has 2 aliphatic heterocycles. The highest BCUT2D eigenvalue weighted by molar-refractivity contribution is 5.93. The fraction of sp³-hybridized carbons (Fsp3) is 0.412. The highest BCUT2D eigenvalue weighted by Gasteiger charge is 2.45. The van der Waals surface area contributed by atoms with Crippen molar-refractivity contribution in [3.05, 3.63) is 41.8 Å². The van der Waals surface area contributed by atoms with Gasteiger partial charge in [-0.05, 0) is 19.1 Å². The Bertz CT molecular complexity index is 722. The van der Waals surface area contributed by atoms with Crippen LogP contribution in [-0.4, -0.2) is 42.2 Å². The molecule has 2 fully saturated rings. The van der Waals surface area contributed by atoms with Gasteiger partial charge in [0.05, 0.1) is 23.9 Å². The van der Waals surface area contributed by atoms with Crippen LogP contribution in [0, 0.1) is 6.92 Å².